The molecule has 0 spiro atoms. The summed E-state index contributed by atoms with van der Waals surface area (Å²) in [6.07, 6.45) is 1.21. The van der Waals surface area contributed by atoms with Crippen LogP contribution in [-0.4, -0.2) is 72.3 Å². The molecule has 1 aliphatic rings. The maximum Gasteiger partial charge on any atom is 0.249 e. The van der Waals surface area contributed by atoms with Gasteiger partial charge in [0, 0.05) is 55.8 Å². The van der Waals surface area contributed by atoms with Crippen LogP contribution in [0.2, 0.25) is 5.02 Å². The fourth-order valence-electron chi connectivity index (χ4n) is 4.49. The van der Waals surface area contributed by atoms with Crippen molar-refractivity contribution in [2.45, 2.75) is 32.7 Å². The number of nitrogens with two attached hydrogens (primary N) is 1. The molecule has 2 aromatic rings. The van der Waals surface area contributed by atoms with Gasteiger partial charge in [-0.05, 0) is 48.8 Å². The smallest absolute Gasteiger partial charge is 0.249 e. The normalized spacial score (nSPS) is 15.6. The lowest BCUT2D eigenvalue weighted by molar-refractivity contribution is -0.133. The van der Waals surface area contributed by atoms with E-state index >= 15 is 0 Å². The summed E-state index contributed by atoms with van der Waals surface area (Å²) in [6.45, 7) is 9.92. The molecule has 2 amide bonds. The van der Waals surface area contributed by atoms with Gasteiger partial charge in [0.15, 0.2) is 0 Å². The van der Waals surface area contributed by atoms with E-state index in [0.29, 0.717) is 36.5 Å². The summed E-state index contributed by atoms with van der Waals surface area (Å²) in [7, 11) is 0. The molecular formula is C26H35ClN4O2. The second kappa shape index (κ2) is 12.2. The molecule has 33 heavy (non-hydrogen) atoms. The summed E-state index contributed by atoms with van der Waals surface area (Å²) < 4.78 is 0. The summed E-state index contributed by atoms with van der Waals surface area (Å²) >= 11 is 5.95. The van der Waals surface area contributed by atoms with Crippen LogP contribution in [0.5, 0.6) is 0 Å². The van der Waals surface area contributed by atoms with Gasteiger partial charge in [-0.15, -0.1) is 0 Å². The zero-order chi connectivity index (χ0) is 23.8. The molecule has 1 atom stereocenters. The number of hydrogen-bond donors (Lipinski definition) is 1. The number of hydrogen-bond acceptors (Lipinski definition) is 4. The van der Waals surface area contributed by atoms with Gasteiger partial charge in [0.1, 0.15) is 0 Å². The summed E-state index contributed by atoms with van der Waals surface area (Å²) in [5.41, 5.74) is 8.37. The number of likely N-dealkylation sites (N-methyl/N-ethyl adjacent to an activating group) is 1. The third-order valence-corrected chi connectivity index (χ3v) is 6.81. The van der Waals surface area contributed by atoms with Crippen LogP contribution < -0.4 is 5.73 Å². The molecule has 1 aliphatic heterocycles. The maximum atomic E-state index is 12.8. The first-order valence-electron chi connectivity index (χ1n) is 11.8. The van der Waals surface area contributed by atoms with Crippen molar-refractivity contribution >= 4 is 23.4 Å². The van der Waals surface area contributed by atoms with Crippen LogP contribution in [0.4, 0.5) is 0 Å². The Balaban J connectivity index is 1.66. The van der Waals surface area contributed by atoms with E-state index in [4.69, 9.17) is 17.3 Å². The standard InChI is InChI=1S/C26H35ClN4O2/c1-3-29(4-2)19-24(22-7-5-6-8-23(22)26(28)33)30-15-17-31(18-16-30)25(32)14-11-20-9-12-21(27)13-10-20/h5-10,12-13,24H,3-4,11,14-19H2,1-2H3,(H2,28,33). The molecule has 2 N–H and O–H groups in total. The molecule has 7 heteroatoms. The maximum absolute atomic E-state index is 12.8. The van der Waals surface area contributed by atoms with Crippen molar-refractivity contribution in [3.05, 3.63) is 70.2 Å². The van der Waals surface area contributed by atoms with E-state index in [1.807, 2.05) is 53.4 Å². The second-order valence-electron chi connectivity index (χ2n) is 8.50. The van der Waals surface area contributed by atoms with Gasteiger partial charge in [-0.25, -0.2) is 0 Å². The Bertz CT molecular complexity index is 922. The molecule has 1 heterocycles. The molecule has 0 saturated carbocycles. The SMILES string of the molecule is CCN(CC)CC(c1ccccc1C(N)=O)N1CCN(C(=O)CCc2ccc(Cl)cc2)CC1. The topological polar surface area (TPSA) is 69.9 Å². The lowest BCUT2D eigenvalue weighted by Gasteiger charge is -2.41. The first kappa shape index (κ1) is 25.2. The van der Waals surface area contributed by atoms with Gasteiger partial charge in [-0.1, -0.05) is 55.8 Å². The Kier molecular flexibility index (Phi) is 9.30. The number of benzene rings is 2. The van der Waals surface area contributed by atoms with E-state index in [0.717, 1.165) is 43.9 Å². The summed E-state index contributed by atoms with van der Waals surface area (Å²) in [5, 5.41) is 0.707. The number of aryl methyl sites for hydroxylation is 1. The van der Waals surface area contributed by atoms with Crippen LogP contribution in [0, 0.1) is 0 Å². The first-order valence-corrected chi connectivity index (χ1v) is 12.2. The van der Waals surface area contributed by atoms with Crippen molar-refractivity contribution in [3.8, 4) is 0 Å². The lowest BCUT2D eigenvalue weighted by atomic mass is 9.97. The van der Waals surface area contributed by atoms with E-state index in [2.05, 4.69) is 23.6 Å². The fraction of sp³-hybridized carbons (Fsp3) is 0.462. The Labute approximate surface area is 202 Å². The molecular weight excluding hydrogens is 436 g/mol. The van der Waals surface area contributed by atoms with Crippen molar-refractivity contribution in [1.29, 1.82) is 0 Å². The number of carbonyl (C=O) groups is 2. The van der Waals surface area contributed by atoms with Crippen LogP contribution in [0.25, 0.3) is 0 Å². The Morgan fingerprint density at radius 3 is 2.24 bits per heavy atom. The number of piperazine rings is 1. The summed E-state index contributed by atoms with van der Waals surface area (Å²) in [6, 6.07) is 15.4. The molecule has 0 bridgehead atoms. The van der Waals surface area contributed by atoms with Gasteiger partial charge >= 0.3 is 0 Å². The quantitative estimate of drug-likeness (QED) is 0.576. The monoisotopic (exact) mass is 470 g/mol. The lowest BCUT2D eigenvalue weighted by Crippen LogP contribution is -2.51. The molecule has 2 aromatic carbocycles. The zero-order valence-corrected chi connectivity index (χ0v) is 20.4. The van der Waals surface area contributed by atoms with E-state index in [9.17, 15) is 9.59 Å². The molecule has 3 rings (SSSR count). The number of rotatable bonds is 10. The third kappa shape index (κ3) is 6.79. The van der Waals surface area contributed by atoms with Gasteiger partial charge in [0.2, 0.25) is 11.8 Å². The zero-order valence-electron chi connectivity index (χ0n) is 19.7. The molecule has 1 fully saturated rings. The van der Waals surface area contributed by atoms with Crippen molar-refractivity contribution in [2.24, 2.45) is 5.73 Å². The summed E-state index contributed by atoms with van der Waals surface area (Å²) in [5.74, 6) is -0.214. The average Bonchev–Trinajstić information content (AvgIpc) is 2.84. The predicted octanol–water partition coefficient (Wildman–Crippen LogP) is 3.60. The van der Waals surface area contributed by atoms with E-state index in [-0.39, 0.29) is 11.9 Å². The highest BCUT2D eigenvalue weighted by Gasteiger charge is 2.30. The first-order chi connectivity index (χ1) is 15.9. The third-order valence-electron chi connectivity index (χ3n) is 6.56. The van der Waals surface area contributed by atoms with E-state index in [1.54, 1.807) is 0 Å². The Hall–Kier alpha value is -2.41. The summed E-state index contributed by atoms with van der Waals surface area (Å²) in [4.78, 5) is 31.6. The molecule has 1 saturated heterocycles. The average molecular weight is 471 g/mol. The van der Waals surface area contributed by atoms with Crippen molar-refractivity contribution in [2.75, 3.05) is 45.8 Å². The van der Waals surface area contributed by atoms with Gasteiger partial charge in [0.05, 0.1) is 0 Å². The highest BCUT2D eigenvalue weighted by molar-refractivity contribution is 6.30. The second-order valence-corrected chi connectivity index (χ2v) is 8.93. The van der Waals surface area contributed by atoms with Crippen molar-refractivity contribution in [3.63, 3.8) is 0 Å². The molecule has 0 radical (unpaired) electrons. The number of carbonyl (C=O) groups excluding carboxylic acids is 2. The fourth-order valence-corrected chi connectivity index (χ4v) is 4.62. The predicted molar refractivity (Wildman–Crippen MR) is 133 cm³/mol. The van der Waals surface area contributed by atoms with E-state index in [1.165, 1.54) is 0 Å². The minimum absolute atomic E-state index is 0.0555. The van der Waals surface area contributed by atoms with Crippen LogP contribution in [0.1, 0.15) is 47.8 Å². The highest BCUT2D eigenvalue weighted by atomic mass is 35.5. The Morgan fingerprint density at radius 1 is 1.00 bits per heavy atom. The number of nitrogens with zero attached hydrogens (tertiary/aromatic N) is 3. The van der Waals surface area contributed by atoms with Crippen LogP contribution in [0.15, 0.2) is 48.5 Å². The molecule has 6 nitrogen and oxygen atoms in total. The number of amides is 2. The van der Waals surface area contributed by atoms with Crippen molar-refractivity contribution < 1.29 is 9.59 Å². The van der Waals surface area contributed by atoms with Gasteiger partial charge < -0.3 is 15.5 Å². The minimum atomic E-state index is -0.397. The van der Waals surface area contributed by atoms with Crippen LogP contribution in [0.3, 0.4) is 0 Å². The van der Waals surface area contributed by atoms with E-state index < -0.39 is 5.91 Å². The van der Waals surface area contributed by atoms with Gasteiger partial charge in [-0.2, -0.15) is 0 Å². The van der Waals surface area contributed by atoms with Crippen LogP contribution >= 0.6 is 11.6 Å². The largest absolute Gasteiger partial charge is 0.366 e. The van der Waals surface area contributed by atoms with Crippen molar-refractivity contribution in [1.82, 2.24) is 14.7 Å². The molecule has 0 aromatic heterocycles. The van der Waals surface area contributed by atoms with Crippen LogP contribution in [-0.2, 0) is 11.2 Å². The highest BCUT2D eigenvalue weighted by Crippen LogP contribution is 2.27. The molecule has 0 aliphatic carbocycles. The van der Waals surface area contributed by atoms with Gasteiger partial charge in [-0.3, -0.25) is 14.5 Å². The van der Waals surface area contributed by atoms with Gasteiger partial charge in [0.25, 0.3) is 0 Å². The number of primary amides is 1. The number of halogens is 1. The Morgan fingerprint density at radius 2 is 1.64 bits per heavy atom. The molecule has 178 valence electrons. The molecule has 1 unspecified atom stereocenters. The minimum Gasteiger partial charge on any atom is -0.366 e.